The molecule has 1 aliphatic rings. The van der Waals surface area contributed by atoms with Crippen molar-refractivity contribution in [1.29, 1.82) is 5.26 Å². The molecule has 0 N–H and O–H groups in total. The van der Waals surface area contributed by atoms with Gasteiger partial charge in [-0.05, 0) is 18.2 Å². The van der Waals surface area contributed by atoms with Gasteiger partial charge in [-0.25, -0.2) is 0 Å². The molecule has 0 amide bonds. The number of alkyl halides is 3. The Morgan fingerprint density at radius 1 is 1.44 bits per heavy atom. The third-order valence-electron chi connectivity index (χ3n) is 2.35. The molecule has 1 aromatic carbocycles. The molecule has 84 valence electrons. The Morgan fingerprint density at radius 3 is 2.62 bits per heavy atom. The zero-order chi connectivity index (χ0) is 11.9. The molecule has 0 bridgehead atoms. The fraction of sp³-hybridized carbons (Fsp3) is 0.300. The summed E-state index contributed by atoms with van der Waals surface area (Å²) >= 11 is 5.47. The van der Waals surface area contributed by atoms with Gasteiger partial charge in [-0.15, -0.1) is 0 Å². The Hall–Kier alpha value is -1.41. The van der Waals surface area contributed by atoms with Crippen molar-refractivity contribution < 1.29 is 13.2 Å². The molecule has 1 saturated heterocycles. The van der Waals surface area contributed by atoms with Gasteiger partial charge in [-0.1, -0.05) is 11.6 Å². The van der Waals surface area contributed by atoms with Crippen LogP contribution in [0.1, 0.15) is 5.56 Å². The highest BCUT2D eigenvalue weighted by atomic mass is 35.5. The number of benzene rings is 1. The van der Waals surface area contributed by atoms with Gasteiger partial charge < -0.3 is 4.90 Å². The van der Waals surface area contributed by atoms with Crippen molar-refractivity contribution in [2.45, 2.75) is 12.2 Å². The predicted molar refractivity (Wildman–Crippen MR) is 53.2 cm³/mol. The molecule has 0 aliphatic carbocycles. The van der Waals surface area contributed by atoms with Crippen LogP contribution < -0.4 is 4.90 Å². The van der Waals surface area contributed by atoms with Crippen LogP contribution in [-0.4, -0.2) is 12.6 Å². The Kier molecular flexibility index (Phi) is 2.47. The lowest BCUT2D eigenvalue weighted by molar-refractivity contribution is -0.137. The van der Waals surface area contributed by atoms with Gasteiger partial charge in [-0.3, -0.25) is 0 Å². The number of halogens is 4. The van der Waals surface area contributed by atoms with Gasteiger partial charge >= 0.3 is 6.18 Å². The van der Waals surface area contributed by atoms with Crippen molar-refractivity contribution in [3.05, 3.63) is 28.8 Å². The summed E-state index contributed by atoms with van der Waals surface area (Å²) in [5.74, 6) is 0. The number of hydrogen-bond acceptors (Lipinski definition) is 2. The number of rotatable bonds is 1. The van der Waals surface area contributed by atoms with Crippen LogP contribution in [0.2, 0.25) is 5.02 Å². The summed E-state index contributed by atoms with van der Waals surface area (Å²) in [4.78, 5) is 1.57. The van der Waals surface area contributed by atoms with Gasteiger partial charge in [0, 0.05) is 5.69 Å². The van der Waals surface area contributed by atoms with E-state index in [2.05, 4.69) is 0 Å². The minimum Gasteiger partial charge on any atom is -0.351 e. The van der Waals surface area contributed by atoms with Gasteiger partial charge in [-0.2, -0.15) is 18.4 Å². The number of nitrogens with zero attached hydrogens (tertiary/aromatic N) is 2. The minimum absolute atomic E-state index is 0.317. The number of hydrogen-bond donors (Lipinski definition) is 0. The van der Waals surface area contributed by atoms with Crippen LogP contribution in [0.4, 0.5) is 18.9 Å². The van der Waals surface area contributed by atoms with Crippen molar-refractivity contribution in [3.63, 3.8) is 0 Å². The lowest BCUT2D eigenvalue weighted by Crippen LogP contribution is -2.07. The summed E-state index contributed by atoms with van der Waals surface area (Å²) < 4.78 is 37.6. The van der Waals surface area contributed by atoms with Crippen LogP contribution in [-0.2, 0) is 6.18 Å². The quantitative estimate of drug-likeness (QED) is 0.712. The Labute approximate surface area is 94.8 Å². The Bertz CT molecular complexity index is 464. The smallest absolute Gasteiger partial charge is 0.351 e. The fourth-order valence-corrected chi connectivity index (χ4v) is 1.67. The molecule has 0 saturated carbocycles. The van der Waals surface area contributed by atoms with Gasteiger partial charge in [0.05, 0.1) is 23.2 Å². The molecular weight excluding hydrogens is 241 g/mol. The molecule has 1 aromatic rings. The van der Waals surface area contributed by atoms with E-state index in [1.54, 1.807) is 4.90 Å². The summed E-state index contributed by atoms with van der Waals surface area (Å²) in [6, 6.07) is 5.31. The Morgan fingerprint density at radius 2 is 2.12 bits per heavy atom. The second kappa shape index (κ2) is 3.56. The third-order valence-corrected chi connectivity index (χ3v) is 2.68. The molecule has 0 radical (unpaired) electrons. The first-order valence-electron chi connectivity index (χ1n) is 4.46. The number of anilines is 1. The summed E-state index contributed by atoms with van der Waals surface area (Å²) in [5.41, 5.74) is -0.487. The van der Waals surface area contributed by atoms with Crippen LogP contribution >= 0.6 is 11.6 Å². The first-order valence-corrected chi connectivity index (χ1v) is 4.84. The average Bonchev–Trinajstić information content (AvgIpc) is 2.96. The standard InChI is InChI=1S/C10H6ClF3N2/c11-9-2-1-6(16-5-7(16)4-15)3-8(9)10(12,13)14/h1-3,7H,5H2. The first-order chi connectivity index (χ1) is 7.43. The number of nitriles is 1. The second-order valence-corrected chi connectivity index (χ2v) is 3.87. The van der Waals surface area contributed by atoms with Gasteiger partial charge in [0.25, 0.3) is 0 Å². The highest BCUT2D eigenvalue weighted by Crippen LogP contribution is 2.38. The van der Waals surface area contributed by atoms with E-state index in [1.165, 1.54) is 12.1 Å². The molecule has 1 heterocycles. The van der Waals surface area contributed by atoms with Crippen LogP contribution in [0.5, 0.6) is 0 Å². The Balaban J connectivity index is 2.35. The van der Waals surface area contributed by atoms with Crippen molar-refractivity contribution in [2.24, 2.45) is 0 Å². The molecule has 0 aromatic heterocycles. The maximum Gasteiger partial charge on any atom is 0.417 e. The molecule has 2 nitrogen and oxygen atoms in total. The second-order valence-electron chi connectivity index (χ2n) is 3.46. The highest BCUT2D eigenvalue weighted by Gasteiger charge is 2.38. The van der Waals surface area contributed by atoms with E-state index in [0.717, 1.165) is 6.07 Å². The molecule has 1 aliphatic heterocycles. The van der Waals surface area contributed by atoms with Crippen molar-refractivity contribution in [2.75, 3.05) is 11.4 Å². The van der Waals surface area contributed by atoms with E-state index in [4.69, 9.17) is 16.9 Å². The molecule has 0 spiro atoms. The maximum absolute atomic E-state index is 12.5. The first kappa shape index (κ1) is 11.1. The summed E-state index contributed by atoms with van der Waals surface area (Å²) in [6.07, 6.45) is -4.47. The van der Waals surface area contributed by atoms with Crippen molar-refractivity contribution in [1.82, 2.24) is 0 Å². The van der Waals surface area contributed by atoms with Crippen molar-refractivity contribution in [3.8, 4) is 6.07 Å². The monoisotopic (exact) mass is 246 g/mol. The molecule has 2 rings (SSSR count). The summed E-state index contributed by atoms with van der Waals surface area (Å²) in [6.45, 7) is 0.468. The largest absolute Gasteiger partial charge is 0.417 e. The van der Waals surface area contributed by atoms with Gasteiger partial charge in [0.15, 0.2) is 0 Å². The summed E-state index contributed by atoms with van der Waals surface area (Å²) in [7, 11) is 0. The van der Waals surface area contributed by atoms with E-state index < -0.39 is 11.7 Å². The van der Waals surface area contributed by atoms with E-state index in [9.17, 15) is 13.2 Å². The SMILES string of the molecule is N#CC1CN1c1ccc(Cl)c(C(F)(F)F)c1. The topological polar surface area (TPSA) is 26.8 Å². The average molecular weight is 247 g/mol. The lowest BCUT2D eigenvalue weighted by Gasteiger charge is -2.11. The molecule has 6 heteroatoms. The highest BCUT2D eigenvalue weighted by molar-refractivity contribution is 6.31. The van der Waals surface area contributed by atoms with Gasteiger partial charge in [0.1, 0.15) is 6.04 Å². The van der Waals surface area contributed by atoms with Crippen LogP contribution in [0, 0.1) is 11.3 Å². The molecule has 16 heavy (non-hydrogen) atoms. The van der Waals surface area contributed by atoms with Gasteiger partial charge in [0.2, 0.25) is 0 Å². The fourth-order valence-electron chi connectivity index (χ4n) is 1.44. The van der Waals surface area contributed by atoms with Crippen molar-refractivity contribution >= 4 is 17.3 Å². The van der Waals surface area contributed by atoms with Crippen LogP contribution in [0.3, 0.4) is 0 Å². The van der Waals surface area contributed by atoms with Crippen LogP contribution in [0.15, 0.2) is 18.2 Å². The molecule has 1 unspecified atom stereocenters. The third kappa shape index (κ3) is 1.93. The molecule has 1 fully saturated rings. The molecular formula is C10H6ClF3N2. The minimum atomic E-state index is -4.47. The predicted octanol–water partition coefficient (Wildman–Crippen LogP) is 3.07. The van der Waals surface area contributed by atoms with E-state index in [-0.39, 0.29) is 11.1 Å². The van der Waals surface area contributed by atoms with E-state index >= 15 is 0 Å². The lowest BCUT2D eigenvalue weighted by atomic mass is 10.2. The molecule has 1 atom stereocenters. The zero-order valence-corrected chi connectivity index (χ0v) is 8.68. The summed E-state index contributed by atoms with van der Waals surface area (Å²) in [5, 5.41) is 8.25. The van der Waals surface area contributed by atoms with E-state index in [0.29, 0.717) is 12.2 Å². The maximum atomic E-state index is 12.5. The normalized spacial score (nSPS) is 19.4. The zero-order valence-electron chi connectivity index (χ0n) is 7.92. The van der Waals surface area contributed by atoms with E-state index in [1.807, 2.05) is 6.07 Å². The van der Waals surface area contributed by atoms with Crippen LogP contribution in [0.25, 0.3) is 0 Å².